The molecule has 0 radical (unpaired) electrons. The maximum Gasteiger partial charge on any atom is 0.260 e. The topological polar surface area (TPSA) is 20.3 Å². The van der Waals surface area contributed by atoms with Crippen molar-refractivity contribution in [2.24, 2.45) is 0 Å². The molecule has 0 atom stereocenters. The van der Waals surface area contributed by atoms with Crippen LogP contribution in [0.3, 0.4) is 0 Å². The van der Waals surface area contributed by atoms with Crippen LogP contribution < -0.4 is 0 Å². The van der Waals surface area contributed by atoms with Crippen LogP contribution in [0.4, 0.5) is 13.2 Å². The molecule has 116 valence electrons. The molecule has 1 amide bonds. The van der Waals surface area contributed by atoms with Crippen molar-refractivity contribution in [2.45, 2.75) is 38.1 Å². The molecule has 1 fully saturated rings. The molecular formula is C15H17BrF3NO. The summed E-state index contributed by atoms with van der Waals surface area (Å²) in [5.41, 5.74) is -0.664. The summed E-state index contributed by atoms with van der Waals surface area (Å²) >= 11 is 3.26. The molecule has 0 N–H and O–H groups in total. The van der Waals surface area contributed by atoms with Gasteiger partial charge in [0.25, 0.3) is 5.91 Å². The van der Waals surface area contributed by atoms with Gasteiger partial charge in [-0.05, 0) is 12.8 Å². The van der Waals surface area contributed by atoms with Crippen molar-refractivity contribution in [1.82, 2.24) is 4.90 Å². The Hall–Kier alpha value is -1.04. The highest BCUT2D eigenvalue weighted by Crippen LogP contribution is 2.26. The van der Waals surface area contributed by atoms with Crippen molar-refractivity contribution in [2.75, 3.05) is 11.9 Å². The van der Waals surface area contributed by atoms with Gasteiger partial charge < -0.3 is 4.90 Å². The van der Waals surface area contributed by atoms with Crippen molar-refractivity contribution in [3.63, 3.8) is 0 Å². The molecule has 2 rings (SSSR count). The molecule has 0 bridgehead atoms. The minimum Gasteiger partial charge on any atom is -0.335 e. The summed E-state index contributed by atoms with van der Waals surface area (Å²) in [5.74, 6) is -4.01. The first-order chi connectivity index (χ1) is 10.0. The van der Waals surface area contributed by atoms with E-state index < -0.39 is 28.9 Å². The molecule has 0 unspecified atom stereocenters. The number of hydrogen-bond acceptors (Lipinski definition) is 1. The minimum absolute atomic E-state index is 0.00680. The lowest BCUT2D eigenvalue weighted by Crippen LogP contribution is -2.43. The number of hydrogen-bond donors (Lipinski definition) is 0. The van der Waals surface area contributed by atoms with Gasteiger partial charge in [0, 0.05) is 30.0 Å². The molecule has 1 aromatic rings. The second-order valence-corrected chi connectivity index (χ2v) is 6.02. The van der Waals surface area contributed by atoms with Crippen molar-refractivity contribution < 1.29 is 18.0 Å². The molecule has 1 aliphatic rings. The Bertz CT molecular complexity index is 495. The maximum absolute atomic E-state index is 13.8. The van der Waals surface area contributed by atoms with Gasteiger partial charge >= 0.3 is 0 Å². The second-order valence-electron chi connectivity index (χ2n) is 5.22. The monoisotopic (exact) mass is 363 g/mol. The average Bonchev–Trinajstić information content (AvgIpc) is 2.44. The highest BCUT2D eigenvalue weighted by Gasteiger charge is 2.29. The fraction of sp³-hybridized carbons (Fsp3) is 0.533. The van der Waals surface area contributed by atoms with Crippen LogP contribution in [0.2, 0.25) is 0 Å². The minimum atomic E-state index is -1.15. The van der Waals surface area contributed by atoms with Crippen LogP contribution in [0.5, 0.6) is 0 Å². The van der Waals surface area contributed by atoms with Gasteiger partial charge in [0.15, 0.2) is 0 Å². The average molecular weight is 364 g/mol. The van der Waals surface area contributed by atoms with E-state index in [-0.39, 0.29) is 6.04 Å². The third-order valence-electron chi connectivity index (χ3n) is 3.82. The maximum atomic E-state index is 13.8. The van der Waals surface area contributed by atoms with E-state index in [1.54, 1.807) is 0 Å². The van der Waals surface area contributed by atoms with E-state index in [2.05, 4.69) is 15.9 Å². The van der Waals surface area contributed by atoms with Crippen LogP contribution in [0.15, 0.2) is 12.1 Å². The number of nitrogens with zero attached hydrogens (tertiary/aromatic N) is 1. The summed E-state index contributed by atoms with van der Waals surface area (Å²) in [7, 11) is 0. The molecule has 6 heteroatoms. The molecule has 1 aromatic carbocycles. The van der Waals surface area contributed by atoms with E-state index >= 15 is 0 Å². The summed E-state index contributed by atoms with van der Waals surface area (Å²) in [6.45, 7) is 0.375. The van der Waals surface area contributed by atoms with Crippen LogP contribution in [0.25, 0.3) is 0 Å². The number of carbonyl (C=O) groups is 1. The number of halogens is 4. The molecule has 0 aromatic heterocycles. The Morgan fingerprint density at radius 3 is 2.24 bits per heavy atom. The lowest BCUT2D eigenvalue weighted by Gasteiger charge is -2.34. The lowest BCUT2D eigenvalue weighted by atomic mass is 9.93. The lowest BCUT2D eigenvalue weighted by molar-refractivity contribution is 0.0641. The van der Waals surface area contributed by atoms with E-state index in [1.807, 2.05) is 0 Å². The largest absolute Gasteiger partial charge is 0.335 e. The number of rotatable bonds is 4. The third-order valence-corrected chi connectivity index (χ3v) is 4.18. The van der Waals surface area contributed by atoms with Crippen LogP contribution >= 0.6 is 15.9 Å². The van der Waals surface area contributed by atoms with Crippen molar-refractivity contribution >= 4 is 21.8 Å². The number of benzene rings is 1. The van der Waals surface area contributed by atoms with Gasteiger partial charge in [-0.15, -0.1) is 0 Å². The van der Waals surface area contributed by atoms with Crippen LogP contribution in [0.1, 0.15) is 42.5 Å². The Morgan fingerprint density at radius 2 is 1.71 bits per heavy atom. The van der Waals surface area contributed by atoms with E-state index in [9.17, 15) is 18.0 Å². The van der Waals surface area contributed by atoms with Crippen LogP contribution in [0, 0.1) is 17.5 Å². The van der Waals surface area contributed by atoms with E-state index in [4.69, 9.17) is 0 Å². The summed E-state index contributed by atoms with van der Waals surface area (Å²) in [6, 6.07) is 1.08. The molecule has 1 aliphatic carbocycles. The third kappa shape index (κ3) is 3.78. The van der Waals surface area contributed by atoms with Crippen molar-refractivity contribution in [1.29, 1.82) is 0 Å². The summed E-state index contributed by atoms with van der Waals surface area (Å²) < 4.78 is 40.5. The van der Waals surface area contributed by atoms with Gasteiger partial charge in [0.1, 0.15) is 23.0 Å². The smallest absolute Gasteiger partial charge is 0.260 e. The molecule has 1 saturated carbocycles. The first kappa shape index (κ1) is 16.3. The van der Waals surface area contributed by atoms with E-state index in [0.717, 1.165) is 32.1 Å². The first-order valence-corrected chi connectivity index (χ1v) is 8.18. The van der Waals surface area contributed by atoms with Crippen molar-refractivity contribution in [3.8, 4) is 0 Å². The normalized spacial score (nSPS) is 16.0. The zero-order valence-electron chi connectivity index (χ0n) is 11.5. The molecule has 21 heavy (non-hydrogen) atoms. The molecule has 2 nitrogen and oxygen atoms in total. The summed E-state index contributed by atoms with van der Waals surface area (Å²) in [4.78, 5) is 14.0. The molecule has 0 saturated heterocycles. The van der Waals surface area contributed by atoms with Gasteiger partial charge in [-0.1, -0.05) is 35.2 Å². The van der Waals surface area contributed by atoms with Crippen molar-refractivity contribution in [3.05, 3.63) is 35.1 Å². The van der Waals surface area contributed by atoms with Gasteiger partial charge in [0.05, 0.1) is 0 Å². The van der Waals surface area contributed by atoms with Gasteiger partial charge in [0.2, 0.25) is 0 Å². The predicted octanol–water partition coefficient (Wildman–Crippen LogP) is 4.27. The number of carbonyl (C=O) groups excluding carboxylic acids is 1. The second kappa shape index (κ2) is 7.29. The van der Waals surface area contributed by atoms with Gasteiger partial charge in [-0.25, -0.2) is 13.2 Å². The Balaban J connectivity index is 2.29. The zero-order valence-corrected chi connectivity index (χ0v) is 13.1. The summed E-state index contributed by atoms with van der Waals surface area (Å²) in [6.07, 6.45) is 4.80. The van der Waals surface area contributed by atoms with Crippen LogP contribution in [-0.2, 0) is 0 Å². The predicted molar refractivity (Wildman–Crippen MR) is 78.0 cm³/mol. The first-order valence-electron chi connectivity index (χ1n) is 7.06. The Kier molecular flexibility index (Phi) is 5.67. The summed E-state index contributed by atoms with van der Waals surface area (Å²) in [5, 5.41) is 0.527. The molecule has 0 spiro atoms. The zero-order chi connectivity index (χ0) is 15.4. The highest BCUT2D eigenvalue weighted by atomic mass is 79.9. The number of amides is 1. The molecular weight excluding hydrogens is 347 g/mol. The Morgan fingerprint density at radius 1 is 1.14 bits per heavy atom. The highest BCUT2D eigenvalue weighted by molar-refractivity contribution is 9.09. The van der Waals surface area contributed by atoms with Gasteiger partial charge in [-0.2, -0.15) is 0 Å². The SMILES string of the molecule is O=C(c1c(F)cc(F)cc1F)N(CCBr)C1CCCCC1. The fourth-order valence-electron chi connectivity index (χ4n) is 2.82. The number of alkyl halides is 1. The standard InChI is InChI=1S/C15H17BrF3NO/c16-6-7-20(11-4-2-1-3-5-11)15(21)14-12(18)8-10(17)9-13(14)19/h8-9,11H,1-7H2. The van der Waals surface area contributed by atoms with E-state index in [1.165, 1.54) is 4.90 Å². The quantitative estimate of drug-likeness (QED) is 0.731. The molecule has 0 heterocycles. The van der Waals surface area contributed by atoms with Gasteiger partial charge in [-0.3, -0.25) is 4.79 Å². The molecule has 0 aliphatic heterocycles. The van der Waals surface area contributed by atoms with Crippen LogP contribution in [-0.4, -0.2) is 28.7 Å². The Labute approximate surface area is 130 Å². The fourth-order valence-corrected chi connectivity index (χ4v) is 3.21. The van der Waals surface area contributed by atoms with E-state index in [0.29, 0.717) is 24.0 Å².